The van der Waals surface area contributed by atoms with Gasteiger partial charge in [0.25, 0.3) is 0 Å². The van der Waals surface area contributed by atoms with Gasteiger partial charge in [-0.3, -0.25) is 9.89 Å². The number of aliphatic imine (C=N–C) groups is 1. The lowest BCUT2D eigenvalue weighted by molar-refractivity contribution is 0.347. The molecule has 0 amide bonds. The van der Waals surface area contributed by atoms with Crippen LogP contribution in [0, 0.1) is 0 Å². The minimum Gasteiger partial charge on any atom is -0.400 e. The van der Waals surface area contributed by atoms with Crippen molar-refractivity contribution in [1.82, 2.24) is 15.2 Å². The Labute approximate surface area is 231 Å². The molecule has 9 heteroatoms. The van der Waals surface area contributed by atoms with Crippen LogP contribution in [0.4, 0.5) is 0 Å². The van der Waals surface area contributed by atoms with Gasteiger partial charge in [-0.2, -0.15) is 5.10 Å². The van der Waals surface area contributed by atoms with Crippen molar-refractivity contribution in [3.8, 4) is 0 Å². The van der Waals surface area contributed by atoms with E-state index in [-0.39, 0.29) is 0 Å². The molecule has 0 aliphatic rings. The van der Waals surface area contributed by atoms with Crippen molar-refractivity contribution < 1.29 is 0 Å². The summed E-state index contributed by atoms with van der Waals surface area (Å²) in [4.78, 5) is 6.55. The summed E-state index contributed by atoms with van der Waals surface area (Å²) in [7, 11) is 0. The molecule has 0 aromatic heterocycles. The first-order valence-electron chi connectivity index (χ1n) is 12.8. The van der Waals surface area contributed by atoms with Crippen molar-refractivity contribution in [3.05, 3.63) is 131 Å². The first kappa shape index (κ1) is 29.0. The molecule has 0 saturated heterocycles. The van der Waals surface area contributed by atoms with Gasteiger partial charge in [0.15, 0.2) is 0 Å². The predicted molar refractivity (Wildman–Crippen MR) is 161 cm³/mol. The van der Waals surface area contributed by atoms with Gasteiger partial charge in [0.05, 0.1) is 18.8 Å². The average molecular weight is 526 g/mol. The molecule has 9 N–H and O–H groups in total. The molecule has 9 nitrogen and oxygen atoms in total. The third-order valence-corrected chi connectivity index (χ3v) is 5.70. The number of hydrogen-bond donors (Lipinski definition) is 5. The van der Waals surface area contributed by atoms with E-state index in [1.807, 2.05) is 90.0 Å². The van der Waals surface area contributed by atoms with Gasteiger partial charge in [-0.1, -0.05) is 91.0 Å². The number of nitrogens with one attached hydrogen (secondary N) is 1. The number of rotatable bonds is 15. The SMILES string of the molecule is N/N=C(\C=NCc1ccccc1)CN(C/C(N)=C/NCc1ccccc1)C/C(N)=C/N(N)Cc1ccccc1. The summed E-state index contributed by atoms with van der Waals surface area (Å²) in [5.74, 6) is 11.9. The molecule has 204 valence electrons. The third kappa shape index (κ3) is 11.5. The lowest BCUT2D eigenvalue weighted by Gasteiger charge is -2.23. The topological polar surface area (TPSA) is 147 Å². The molecular weight excluding hydrogens is 486 g/mol. The van der Waals surface area contributed by atoms with Crippen molar-refractivity contribution in [2.45, 2.75) is 19.6 Å². The Hall–Kier alpha value is -4.60. The van der Waals surface area contributed by atoms with Crippen molar-refractivity contribution >= 4 is 11.9 Å². The van der Waals surface area contributed by atoms with Gasteiger partial charge in [-0.25, -0.2) is 5.84 Å². The zero-order valence-electron chi connectivity index (χ0n) is 22.2. The highest BCUT2D eigenvalue weighted by atomic mass is 15.4. The highest BCUT2D eigenvalue weighted by Crippen LogP contribution is 2.05. The van der Waals surface area contributed by atoms with Crippen molar-refractivity contribution in [2.75, 3.05) is 19.6 Å². The molecule has 39 heavy (non-hydrogen) atoms. The van der Waals surface area contributed by atoms with Crippen molar-refractivity contribution in [1.29, 1.82) is 0 Å². The van der Waals surface area contributed by atoms with Gasteiger partial charge >= 0.3 is 0 Å². The van der Waals surface area contributed by atoms with Gasteiger partial charge < -0.3 is 27.6 Å². The van der Waals surface area contributed by atoms with Gasteiger partial charge in [0, 0.05) is 56.2 Å². The lowest BCUT2D eigenvalue weighted by atomic mass is 10.2. The standard InChI is InChI=1S/C30H39N9/c31-28(18-35-16-25-10-4-1-5-11-25)21-38(22-29(32)23-39(34)20-27-14-8-3-9-15-27)24-30(37-33)19-36-17-26-12-6-2-7-13-26/h1-15,18-19,23,35H,16-17,20-22,24,31-34H2/b28-18-,29-23-,36-19?,37-30+. The Morgan fingerprint density at radius 1 is 0.744 bits per heavy atom. The Morgan fingerprint density at radius 3 is 1.92 bits per heavy atom. The molecule has 0 aliphatic carbocycles. The van der Waals surface area contributed by atoms with E-state index in [1.54, 1.807) is 17.4 Å². The predicted octanol–water partition coefficient (Wildman–Crippen LogP) is 2.64. The van der Waals surface area contributed by atoms with Crippen LogP contribution in [0.15, 0.2) is 125 Å². The van der Waals surface area contributed by atoms with E-state index in [9.17, 15) is 0 Å². The second-order valence-electron chi connectivity index (χ2n) is 9.17. The molecule has 0 unspecified atom stereocenters. The molecule has 0 bridgehead atoms. The number of hydrazine groups is 1. The fourth-order valence-corrected chi connectivity index (χ4v) is 3.90. The summed E-state index contributed by atoms with van der Waals surface area (Å²) in [6.07, 6.45) is 5.24. The Balaban J connectivity index is 1.65. The Morgan fingerprint density at radius 2 is 1.31 bits per heavy atom. The van der Waals surface area contributed by atoms with Crippen LogP contribution in [0.3, 0.4) is 0 Å². The van der Waals surface area contributed by atoms with E-state index in [0.29, 0.717) is 56.4 Å². The lowest BCUT2D eigenvalue weighted by Crippen LogP contribution is -2.38. The van der Waals surface area contributed by atoms with Crippen LogP contribution in [0.1, 0.15) is 16.7 Å². The largest absolute Gasteiger partial charge is 0.400 e. The number of nitrogens with zero attached hydrogens (tertiary/aromatic N) is 4. The van der Waals surface area contributed by atoms with Gasteiger partial charge in [0.2, 0.25) is 0 Å². The molecule has 0 aliphatic heterocycles. The fourth-order valence-electron chi connectivity index (χ4n) is 3.90. The van der Waals surface area contributed by atoms with Gasteiger partial charge in [-0.15, -0.1) is 0 Å². The van der Waals surface area contributed by atoms with E-state index >= 15 is 0 Å². The van der Waals surface area contributed by atoms with Crippen LogP contribution >= 0.6 is 0 Å². The molecule has 0 atom stereocenters. The molecule has 3 rings (SSSR count). The highest BCUT2D eigenvalue weighted by Gasteiger charge is 2.12. The Kier molecular flexibility index (Phi) is 12.1. The summed E-state index contributed by atoms with van der Waals surface area (Å²) in [6, 6.07) is 30.1. The monoisotopic (exact) mass is 525 g/mol. The van der Waals surface area contributed by atoms with E-state index in [4.69, 9.17) is 23.2 Å². The van der Waals surface area contributed by atoms with Crippen molar-refractivity contribution in [2.24, 2.45) is 33.2 Å². The molecular formula is C30H39N9. The normalized spacial score (nSPS) is 12.7. The number of nitrogens with two attached hydrogens (primary N) is 4. The highest BCUT2D eigenvalue weighted by molar-refractivity contribution is 6.31. The number of hydrogen-bond acceptors (Lipinski definition) is 9. The quantitative estimate of drug-likeness (QED) is 0.116. The third-order valence-electron chi connectivity index (χ3n) is 5.70. The van der Waals surface area contributed by atoms with Crippen molar-refractivity contribution in [3.63, 3.8) is 0 Å². The van der Waals surface area contributed by atoms with Gasteiger partial charge in [-0.05, 0) is 16.7 Å². The van der Waals surface area contributed by atoms with Crippen LogP contribution in [0.5, 0.6) is 0 Å². The number of benzene rings is 3. The summed E-state index contributed by atoms with van der Waals surface area (Å²) < 4.78 is 0. The minimum atomic E-state index is 0.403. The molecule has 0 saturated carbocycles. The maximum absolute atomic E-state index is 6.39. The average Bonchev–Trinajstić information content (AvgIpc) is 2.94. The second kappa shape index (κ2) is 16.3. The van der Waals surface area contributed by atoms with Gasteiger partial charge in [0.1, 0.15) is 0 Å². The maximum Gasteiger partial charge on any atom is 0.0918 e. The number of hydrazone groups is 1. The molecule has 0 fully saturated rings. The van der Waals surface area contributed by atoms with E-state index in [0.717, 1.165) is 11.1 Å². The summed E-state index contributed by atoms with van der Waals surface area (Å²) in [6.45, 7) is 2.99. The van der Waals surface area contributed by atoms with Crippen LogP contribution in [0.25, 0.3) is 0 Å². The van der Waals surface area contributed by atoms with E-state index < -0.39 is 0 Å². The zero-order chi connectivity index (χ0) is 27.7. The van der Waals surface area contributed by atoms with E-state index in [1.165, 1.54) is 5.56 Å². The first-order valence-corrected chi connectivity index (χ1v) is 12.8. The molecule has 0 spiro atoms. The van der Waals surface area contributed by atoms with Crippen LogP contribution in [-0.4, -0.2) is 41.5 Å². The van der Waals surface area contributed by atoms with E-state index in [2.05, 4.69) is 27.5 Å². The summed E-state index contributed by atoms with van der Waals surface area (Å²) in [5, 5.41) is 8.79. The molecule has 0 heterocycles. The van der Waals surface area contributed by atoms with Crippen LogP contribution in [0.2, 0.25) is 0 Å². The first-order chi connectivity index (χ1) is 19.0. The smallest absolute Gasteiger partial charge is 0.0918 e. The fraction of sp³-hybridized carbons (Fsp3) is 0.200. The second-order valence-corrected chi connectivity index (χ2v) is 9.17. The molecule has 0 radical (unpaired) electrons. The minimum absolute atomic E-state index is 0.403. The summed E-state index contributed by atoms with van der Waals surface area (Å²) in [5.41, 5.74) is 17.9. The molecule has 3 aromatic carbocycles. The van der Waals surface area contributed by atoms with Crippen LogP contribution < -0.4 is 28.5 Å². The molecule has 3 aromatic rings. The maximum atomic E-state index is 6.39. The zero-order valence-corrected chi connectivity index (χ0v) is 22.2. The Bertz CT molecular complexity index is 1220. The van der Waals surface area contributed by atoms with Crippen LogP contribution in [-0.2, 0) is 19.6 Å². The summed E-state index contributed by atoms with van der Waals surface area (Å²) >= 11 is 0.